The van der Waals surface area contributed by atoms with Gasteiger partial charge in [0.1, 0.15) is 12.7 Å². The molecule has 1 heterocycles. The van der Waals surface area contributed by atoms with Gasteiger partial charge in [0.25, 0.3) is 0 Å². The summed E-state index contributed by atoms with van der Waals surface area (Å²) in [6.07, 6.45) is 4.63. The zero-order valence-corrected chi connectivity index (χ0v) is 9.02. The van der Waals surface area contributed by atoms with Crippen LogP contribution in [-0.4, -0.2) is 21.1 Å². The molecule has 0 unspecified atom stereocenters. The molecule has 2 aromatic rings. The Morgan fingerprint density at radius 2 is 1.87 bits per heavy atom. The van der Waals surface area contributed by atoms with E-state index in [9.17, 15) is 0 Å². The number of rotatable bonds is 2. The van der Waals surface area contributed by atoms with E-state index in [1.54, 1.807) is 18.3 Å². The zero-order chi connectivity index (χ0) is 10.7. The Balaban J connectivity index is 2.21. The molecule has 76 valence electrons. The van der Waals surface area contributed by atoms with E-state index < -0.39 is 0 Å². The van der Waals surface area contributed by atoms with Gasteiger partial charge in [0.2, 0.25) is 0 Å². The molecule has 1 aromatic carbocycles. The van der Waals surface area contributed by atoms with Gasteiger partial charge >= 0.3 is 0 Å². The van der Waals surface area contributed by atoms with Crippen molar-refractivity contribution in [3.05, 3.63) is 46.5 Å². The third kappa shape index (κ3) is 2.55. The van der Waals surface area contributed by atoms with Crippen molar-refractivity contribution >= 4 is 29.4 Å². The van der Waals surface area contributed by atoms with Crippen molar-refractivity contribution in [3.8, 4) is 0 Å². The first-order chi connectivity index (χ1) is 7.25. The molecule has 0 N–H and O–H groups in total. The smallest absolute Gasteiger partial charge is 0.141 e. The molecule has 0 spiro atoms. The number of nitrogens with zero attached hydrogens (tertiary/aromatic N) is 4. The second-order valence-electron chi connectivity index (χ2n) is 2.76. The predicted octanol–water partition coefficient (Wildman–Crippen LogP) is 2.47. The van der Waals surface area contributed by atoms with Crippen LogP contribution in [0.1, 0.15) is 5.56 Å². The molecule has 0 atom stereocenters. The lowest BCUT2D eigenvalue weighted by Gasteiger charge is -1.96. The van der Waals surface area contributed by atoms with Crippen molar-refractivity contribution in [2.75, 3.05) is 0 Å². The maximum absolute atomic E-state index is 5.85. The summed E-state index contributed by atoms with van der Waals surface area (Å²) in [4.78, 5) is 0. The van der Waals surface area contributed by atoms with Crippen LogP contribution in [0.15, 0.2) is 36.0 Å². The monoisotopic (exact) mass is 240 g/mol. The van der Waals surface area contributed by atoms with E-state index in [0.29, 0.717) is 10.0 Å². The fourth-order valence-electron chi connectivity index (χ4n) is 0.981. The zero-order valence-electron chi connectivity index (χ0n) is 7.51. The van der Waals surface area contributed by atoms with E-state index in [1.165, 1.54) is 17.3 Å². The highest BCUT2D eigenvalue weighted by molar-refractivity contribution is 6.42. The summed E-state index contributed by atoms with van der Waals surface area (Å²) in [7, 11) is 0. The fraction of sp³-hybridized carbons (Fsp3) is 0. The van der Waals surface area contributed by atoms with Gasteiger partial charge < -0.3 is 0 Å². The fourth-order valence-corrected chi connectivity index (χ4v) is 1.29. The number of hydrogen-bond acceptors (Lipinski definition) is 3. The van der Waals surface area contributed by atoms with Crippen molar-refractivity contribution < 1.29 is 0 Å². The lowest BCUT2D eigenvalue weighted by Crippen LogP contribution is -1.87. The van der Waals surface area contributed by atoms with Gasteiger partial charge in [0.05, 0.1) is 16.3 Å². The quantitative estimate of drug-likeness (QED) is 0.758. The van der Waals surface area contributed by atoms with Gasteiger partial charge in [0.15, 0.2) is 0 Å². The standard InChI is InChI=1S/C9H6Cl2N4/c10-8-2-1-7(3-9(8)11)4-14-15-5-12-13-6-15/h1-6H. The molecule has 0 aliphatic rings. The molecule has 15 heavy (non-hydrogen) atoms. The van der Waals surface area contributed by atoms with Crippen LogP contribution >= 0.6 is 23.2 Å². The molecule has 2 rings (SSSR count). The first-order valence-corrected chi connectivity index (χ1v) is 4.85. The summed E-state index contributed by atoms with van der Waals surface area (Å²) in [6, 6.07) is 5.28. The molecule has 0 saturated carbocycles. The summed E-state index contributed by atoms with van der Waals surface area (Å²) in [6.45, 7) is 0. The SMILES string of the molecule is Clc1ccc(C=Nn2cnnc2)cc1Cl. The van der Waals surface area contributed by atoms with Crippen LogP contribution in [0.3, 0.4) is 0 Å². The van der Waals surface area contributed by atoms with E-state index >= 15 is 0 Å². The highest BCUT2D eigenvalue weighted by Crippen LogP contribution is 2.21. The minimum Gasteiger partial charge on any atom is -0.208 e. The Morgan fingerprint density at radius 1 is 1.13 bits per heavy atom. The van der Waals surface area contributed by atoms with Crippen molar-refractivity contribution in [3.63, 3.8) is 0 Å². The third-order valence-electron chi connectivity index (χ3n) is 1.69. The molecule has 0 bridgehead atoms. The lowest BCUT2D eigenvalue weighted by molar-refractivity contribution is 0.878. The molecule has 0 fully saturated rings. The average Bonchev–Trinajstić information content (AvgIpc) is 2.73. The molecule has 0 aliphatic heterocycles. The van der Waals surface area contributed by atoms with Gasteiger partial charge in [-0.25, -0.2) is 4.68 Å². The van der Waals surface area contributed by atoms with E-state index in [1.807, 2.05) is 6.07 Å². The number of benzene rings is 1. The van der Waals surface area contributed by atoms with Gasteiger partial charge in [-0.1, -0.05) is 29.3 Å². The summed E-state index contributed by atoms with van der Waals surface area (Å²) in [5.41, 5.74) is 0.859. The Bertz CT molecular complexity index is 479. The lowest BCUT2D eigenvalue weighted by atomic mass is 10.2. The van der Waals surface area contributed by atoms with E-state index in [2.05, 4.69) is 15.3 Å². The second-order valence-corrected chi connectivity index (χ2v) is 3.57. The van der Waals surface area contributed by atoms with E-state index in [4.69, 9.17) is 23.2 Å². The van der Waals surface area contributed by atoms with Crippen molar-refractivity contribution in [2.24, 2.45) is 5.10 Å². The van der Waals surface area contributed by atoms with Crippen LogP contribution in [0.4, 0.5) is 0 Å². The molecule has 0 aliphatic carbocycles. The third-order valence-corrected chi connectivity index (χ3v) is 2.43. The molecular formula is C9H6Cl2N4. The van der Waals surface area contributed by atoms with Crippen LogP contribution < -0.4 is 0 Å². The van der Waals surface area contributed by atoms with Crippen molar-refractivity contribution in [1.29, 1.82) is 0 Å². The molecule has 4 nitrogen and oxygen atoms in total. The molecule has 1 aromatic heterocycles. The maximum Gasteiger partial charge on any atom is 0.141 e. The minimum atomic E-state index is 0.504. The molecule has 0 amide bonds. The Labute approximate surface area is 96.2 Å². The van der Waals surface area contributed by atoms with Gasteiger partial charge in [0, 0.05) is 0 Å². The summed E-state index contributed by atoms with van der Waals surface area (Å²) in [5, 5.41) is 12.3. The first-order valence-electron chi connectivity index (χ1n) is 4.10. The Kier molecular flexibility index (Phi) is 2.99. The largest absolute Gasteiger partial charge is 0.208 e. The summed E-state index contributed by atoms with van der Waals surface area (Å²) < 4.78 is 1.49. The van der Waals surface area contributed by atoms with Gasteiger partial charge in [-0.15, -0.1) is 10.2 Å². The summed E-state index contributed by atoms with van der Waals surface area (Å²) >= 11 is 11.6. The molecule has 0 radical (unpaired) electrons. The molecular weight excluding hydrogens is 235 g/mol. The first kappa shape index (κ1) is 10.1. The van der Waals surface area contributed by atoms with Crippen molar-refractivity contribution in [1.82, 2.24) is 14.9 Å². The second kappa shape index (κ2) is 4.42. The van der Waals surface area contributed by atoms with Crippen LogP contribution in [0, 0.1) is 0 Å². The number of hydrogen-bond donors (Lipinski definition) is 0. The van der Waals surface area contributed by atoms with Crippen LogP contribution in [0.2, 0.25) is 10.0 Å². The number of halogens is 2. The van der Waals surface area contributed by atoms with Crippen LogP contribution in [-0.2, 0) is 0 Å². The Hall–Kier alpha value is -1.39. The van der Waals surface area contributed by atoms with Gasteiger partial charge in [-0.3, -0.25) is 0 Å². The minimum absolute atomic E-state index is 0.504. The normalized spacial score (nSPS) is 11.1. The summed E-state index contributed by atoms with van der Waals surface area (Å²) in [5.74, 6) is 0. The predicted molar refractivity (Wildman–Crippen MR) is 59.5 cm³/mol. The topological polar surface area (TPSA) is 43.1 Å². The van der Waals surface area contributed by atoms with Gasteiger partial charge in [-0.05, 0) is 17.7 Å². The van der Waals surface area contributed by atoms with Gasteiger partial charge in [-0.2, -0.15) is 5.10 Å². The number of aromatic nitrogens is 3. The molecule has 0 saturated heterocycles. The average molecular weight is 241 g/mol. The molecule has 6 heteroatoms. The maximum atomic E-state index is 5.85. The van der Waals surface area contributed by atoms with Crippen LogP contribution in [0.25, 0.3) is 0 Å². The Morgan fingerprint density at radius 3 is 2.53 bits per heavy atom. The van der Waals surface area contributed by atoms with E-state index in [0.717, 1.165) is 5.56 Å². The van der Waals surface area contributed by atoms with E-state index in [-0.39, 0.29) is 0 Å². The highest BCUT2D eigenvalue weighted by atomic mass is 35.5. The highest BCUT2D eigenvalue weighted by Gasteiger charge is 1.96. The van der Waals surface area contributed by atoms with Crippen LogP contribution in [0.5, 0.6) is 0 Å². The van der Waals surface area contributed by atoms with Crippen molar-refractivity contribution in [2.45, 2.75) is 0 Å².